The molecule has 6 nitrogen and oxygen atoms in total. The molecule has 3 atom stereocenters. The maximum Gasteiger partial charge on any atom is 0.240 e. The van der Waals surface area contributed by atoms with Crippen molar-refractivity contribution in [2.75, 3.05) is 0 Å². The lowest BCUT2D eigenvalue weighted by Gasteiger charge is -2.60. The van der Waals surface area contributed by atoms with Gasteiger partial charge in [-0.1, -0.05) is 24.3 Å². The van der Waals surface area contributed by atoms with Crippen molar-refractivity contribution in [2.45, 2.75) is 75.2 Å². The fourth-order valence-corrected chi connectivity index (χ4v) is 6.72. The first-order valence-electron chi connectivity index (χ1n) is 10.5. The molecule has 7 heteroatoms. The minimum atomic E-state index is -0.827. The zero-order valence-electron chi connectivity index (χ0n) is 16.6. The Hall–Kier alpha value is -1.63. The molecule has 2 amide bonds. The highest BCUT2D eigenvalue weighted by molar-refractivity contribution is 5.88. The summed E-state index contributed by atoms with van der Waals surface area (Å²) in [4.78, 5) is 27.2. The predicted molar refractivity (Wildman–Crippen MR) is 111 cm³/mol. The van der Waals surface area contributed by atoms with E-state index < -0.39 is 11.6 Å². The van der Waals surface area contributed by atoms with E-state index in [1.54, 1.807) is 4.90 Å². The quantitative estimate of drug-likeness (QED) is 0.694. The van der Waals surface area contributed by atoms with Gasteiger partial charge in [-0.3, -0.25) is 9.59 Å². The van der Waals surface area contributed by atoms with Gasteiger partial charge in [-0.25, -0.2) is 0 Å². The van der Waals surface area contributed by atoms with Gasteiger partial charge in [0.15, 0.2) is 0 Å². The molecule has 158 valence electrons. The third-order valence-corrected chi connectivity index (χ3v) is 7.31. The Bertz CT molecular complexity index is 790. The Morgan fingerprint density at radius 2 is 1.72 bits per heavy atom. The number of rotatable bonds is 4. The van der Waals surface area contributed by atoms with Gasteiger partial charge in [-0.15, -0.1) is 12.4 Å². The zero-order chi connectivity index (χ0) is 19.5. The highest BCUT2D eigenvalue weighted by Gasteiger charge is 2.57. The summed E-state index contributed by atoms with van der Waals surface area (Å²) in [5, 5.41) is 14.0. The highest BCUT2D eigenvalue weighted by atomic mass is 35.5. The van der Waals surface area contributed by atoms with Crippen LogP contribution in [0.15, 0.2) is 24.3 Å². The zero-order valence-corrected chi connectivity index (χ0v) is 17.4. The van der Waals surface area contributed by atoms with Gasteiger partial charge in [-0.05, 0) is 61.5 Å². The van der Waals surface area contributed by atoms with E-state index in [0.29, 0.717) is 31.3 Å². The van der Waals surface area contributed by atoms with E-state index in [-0.39, 0.29) is 36.2 Å². The fraction of sp³-hybridized carbons (Fsp3) is 0.636. The average Bonchev–Trinajstić information content (AvgIpc) is 3.02. The third-order valence-electron chi connectivity index (χ3n) is 7.31. The SMILES string of the molecule is Cl.N[C@@H](CC(=O)NC12CC3CC(CC(O)(C3)C1)C2)C(=O)N1Cc2ccccc2C1. The van der Waals surface area contributed by atoms with Gasteiger partial charge in [0.25, 0.3) is 0 Å². The first-order chi connectivity index (χ1) is 13.3. The number of benzene rings is 1. The predicted octanol–water partition coefficient (Wildman–Crippen LogP) is 1.87. The molecule has 4 saturated carbocycles. The van der Waals surface area contributed by atoms with Crippen molar-refractivity contribution >= 4 is 24.2 Å². The van der Waals surface area contributed by atoms with Crippen molar-refractivity contribution in [3.63, 3.8) is 0 Å². The van der Waals surface area contributed by atoms with Crippen molar-refractivity contribution in [3.05, 3.63) is 35.4 Å². The van der Waals surface area contributed by atoms with Crippen LogP contribution in [-0.2, 0) is 22.7 Å². The molecule has 29 heavy (non-hydrogen) atoms. The molecular formula is C22H30ClN3O3. The number of halogens is 1. The van der Waals surface area contributed by atoms with Crippen molar-refractivity contribution in [2.24, 2.45) is 17.6 Å². The van der Waals surface area contributed by atoms with Crippen LogP contribution in [0.3, 0.4) is 0 Å². The van der Waals surface area contributed by atoms with E-state index in [1.807, 2.05) is 24.3 Å². The lowest BCUT2D eigenvalue weighted by molar-refractivity contribution is -0.152. The lowest BCUT2D eigenvalue weighted by Crippen LogP contribution is -2.65. The van der Waals surface area contributed by atoms with Crippen LogP contribution < -0.4 is 11.1 Å². The van der Waals surface area contributed by atoms with Gasteiger partial charge in [0.05, 0.1) is 18.1 Å². The number of nitrogens with zero attached hydrogens (tertiary/aromatic N) is 1. The Labute approximate surface area is 177 Å². The van der Waals surface area contributed by atoms with Crippen LogP contribution in [0.1, 0.15) is 56.1 Å². The van der Waals surface area contributed by atoms with Crippen LogP contribution in [0, 0.1) is 11.8 Å². The molecule has 4 N–H and O–H groups in total. The number of nitrogens with two attached hydrogens (primary N) is 1. The molecule has 0 spiro atoms. The number of fused-ring (bicyclic) bond motifs is 1. The van der Waals surface area contributed by atoms with Crippen LogP contribution in [0.25, 0.3) is 0 Å². The summed E-state index contributed by atoms with van der Waals surface area (Å²) in [7, 11) is 0. The molecule has 1 aliphatic heterocycles. The van der Waals surface area contributed by atoms with Gasteiger partial charge in [0.2, 0.25) is 11.8 Å². The Balaban J connectivity index is 0.00000205. The minimum Gasteiger partial charge on any atom is -0.390 e. The number of aliphatic hydroxyl groups is 1. The van der Waals surface area contributed by atoms with E-state index in [2.05, 4.69) is 5.32 Å². The molecule has 0 saturated heterocycles. The maximum absolute atomic E-state index is 12.7. The molecule has 4 aliphatic carbocycles. The smallest absolute Gasteiger partial charge is 0.240 e. The summed E-state index contributed by atoms with van der Waals surface area (Å²) in [6, 6.07) is 7.17. The van der Waals surface area contributed by atoms with E-state index in [4.69, 9.17) is 5.73 Å². The van der Waals surface area contributed by atoms with Crippen molar-refractivity contribution in [3.8, 4) is 0 Å². The second-order valence-corrected chi connectivity index (χ2v) is 9.79. The maximum atomic E-state index is 12.7. The fourth-order valence-electron chi connectivity index (χ4n) is 6.72. The van der Waals surface area contributed by atoms with Gasteiger partial charge < -0.3 is 21.1 Å². The molecule has 1 aromatic rings. The number of amides is 2. The summed E-state index contributed by atoms with van der Waals surface area (Å²) in [5.41, 5.74) is 7.50. The van der Waals surface area contributed by atoms with E-state index in [0.717, 1.165) is 36.8 Å². The molecule has 0 aromatic heterocycles. The monoisotopic (exact) mass is 419 g/mol. The van der Waals surface area contributed by atoms with Crippen molar-refractivity contribution in [1.29, 1.82) is 0 Å². The minimum absolute atomic E-state index is 0. The lowest BCUT2D eigenvalue weighted by atomic mass is 9.51. The number of carbonyl (C=O) groups excluding carboxylic acids is 2. The van der Waals surface area contributed by atoms with Crippen LogP contribution in [0.5, 0.6) is 0 Å². The van der Waals surface area contributed by atoms with Crippen molar-refractivity contribution in [1.82, 2.24) is 10.2 Å². The molecule has 0 radical (unpaired) electrons. The topological polar surface area (TPSA) is 95.7 Å². The first kappa shape index (κ1) is 20.6. The van der Waals surface area contributed by atoms with E-state index >= 15 is 0 Å². The second-order valence-electron chi connectivity index (χ2n) is 9.79. The molecule has 4 fully saturated rings. The van der Waals surface area contributed by atoms with Crippen molar-refractivity contribution < 1.29 is 14.7 Å². The average molecular weight is 420 g/mol. The highest BCUT2D eigenvalue weighted by Crippen LogP contribution is 2.57. The summed E-state index contributed by atoms with van der Waals surface area (Å²) >= 11 is 0. The number of nitrogens with one attached hydrogen (secondary N) is 1. The van der Waals surface area contributed by atoms with Crippen LogP contribution in [0.2, 0.25) is 0 Å². The summed E-state index contributed by atoms with van der Waals surface area (Å²) < 4.78 is 0. The van der Waals surface area contributed by atoms with Crippen LogP contribution in [-0.4, -0.2) is 39.0 Å². The molecule has 6 rings (SSSR count). The van der Waals surface area contributed by atoms with E-state index in [1.165, 1.54) is 6.42 Å². The van der Waals surface area contributed by atoms with Crippen LogP contribution in [0.4, 0.5) is 0 Å². The van der Waals surface area contributed by atoms with Gasteiger partial charge in [-0.2, -0.15) is 0 Å². The van der Waals surface area contributed by atoms with Crippen LogP contribution >= 0.6 is 12.4 Å². The second kappa shape index (κ2) is 7.25. The Morgan fingerprint density at radius 3 is 2.28 bits per heavy atom. The molecular weight excluding hydrogens is 390 g/mol. The third kappa shape index (κ3) is 3.78. The summed E-state index contributed by atoms with van der Waals surface area (Å²) in [6.45, 7) is 1.12. The largest absolute Gasteiger partial charge is 0.390 e. The van der Waals surface area contributed by atoms with Gasteiger partial charge >= 0.3 is 0 Å². The number of hydrogen-bond donors (Lipinski definition) is 3. The molecule has 1 aromatic carbocycles. The normalized spacial score (nSPS) is 35.0. The van der Waals surface area contributed by atoms with Gasteiger partial charge in [0.1, 0.15) is 0 Å². The van der Waals surface area contributed by atoms with Gasteiger partial charge in [0, 0.05) is 18.6 Å². The summed E-state index contributed by atoms with van der Waals surface area (Å²) in [6.07, 6.45) is 5.45. The molecule has 2 unspecified atom stereocenters. The first-order valence-corrected chi connectivity index (χ1v) is 10.5. The number of carbonyl (C=O) groups is 2. The molecule has 5 aliphatic rings. The Kier molecular flexibility index (Phi) is 5.16. The molecule has 1 heterocycles. The standard InChI is InChI=1S/C22H29N3O3.ClH/c23-18(20(27)25-11-16-3-1-2-4-17(16)12-25)6-19(26)24-21-7-14-5-15(8-21)10-22(28,9-14)13-21;/h1-4,14-15,18,28H,5-13,23H2,(H,24,26);1H/t14?,15?,18-,21?,22?;/m0./s1. The molecule has 4 bridgehead atoms. The Morgan fingerprint density at radius 1 is 1.14 bits per heavy atom. The van der Waals surface area contributed by atoms with E-state index in [9.17, 15) is 14.7 Å². The summed E-state index contributed by atoms with van der Waals surface area (Å²) in [5.74, 6) is 0.675. The number of hydrogen-bond acceptors (Lipinski definition) is 4.